The van der Waals surface area contributed by atoms with Crippen molar-refractivity contribution in [2.75, 3.05) is 35.4 Å². The van der Waals surface area contributed by atoms with Crippen molar-refractivity contribution >= 4 is 39.2 Å². The van der Waals surface area contributed by atoms with Crippen molar-refractivity contribution < 1.29 is 8.76 Å². The van der Waals surface area contributed by atoms with E-state index in [2.05, 4.69) is 10.2 Å². The van der Waals surface area contributed by atoms with Gasteiger partial charge in [-0.1, -0.05) is 24.3 Å². The first-order valence-electron chi connectivity index (χ1n) is 10.3. The molecule has 4 rings (SSSR count). The summed E-state index contributed by atoms with van der Waals surface area (Å²) in [7, 11) is 0. The number of hydrogen-bond donors (Lipinski definition) is 3. The number of rotatable bonds is 6. The molecule has 0 amide bonds. The van der Waals surface area contributed by atoms with Gasteiger partial charge in [0, 0.05) is 47.8 Å². The van der Waals surface area contributed by atoms with Gasteiger partial charge in [-0.25, -0.2) is 0 Å². The van der Waals surface area contributed by atoms with E-state index in [4.69, 9.17) is 11.1 Å². The first-order valence-corrected chi connectivity index (χ1v) is 11.3. The highest BCUT2D eigenvalue weighted by atomic mass is 32.2. The van der Waals surface area contributed by atoms with Crippen LogP contribution in [0.25, 0.3) is 10.8 Å². The first-order chi connectivity index (χ1) is 15.0. The van der Waals surface area contributed by atoms with Gasteiger partial charge in [0.2, 0.25) is 0 Å². The van der Waals surface area contributed by atoms with Crippen LogP contribution in [-0.2, 0) is 17.8 Å². The van der Waals surface area contributed by atoms with Crippen molar-refractivity contribution in [1.29, 1.82) is 5.41 Å². The van der Waals surface area contributed by atoms with E-state index in [-0.39, 0.29) is 12.4 Å². The van der Waals surface area contributed by atoms with Crippen LogP contribution >= 0.6 is 0 Å². The molecule has 1 fully saturated rings. The zero-order valence-corrected chi connectivity index (χ0v) is 18.0. The highest BCUT2D eigenvalue weighted by Gasteiger charge is 2.13. The zero-order chi connectivity index (χ0) is 21.8. The van der Waals surface area contributed by atoms with Crippen LogP contribution in [0, 0.1) is 5.41 Å². The third-order valence-corrected chi connectivity index (χ3v) is 6.26. The van der Waals surface area contributed by atoms with E-state index in [1.807, 2.05) is 60.7 Å². The second-order valence-electron chi connectivity index (χ2n) is 7.67. The van der Waals surface area contributed by atoms with Crippen molar-refractivity contribution in [3.63, 3.8) is 0 Å². The molecule has 7 nitrogen and oxygen atoms in total. The largest absolute Gasteiger partial charge is 0.755 e. The van der Waals surface area contributed by atoms with Crippen LogP contribution in [0.15, 0.2) is 60.7 Å². The van der Waals surface area contributed by atoms with Gasteiger partial charge in [-0.3, -0.25) is 13.9 Å². The van der Waals surface area contributed by atoms with Gasteiger partial charge in [0.1, 0.15) is 5.84 Å². The van der Waals surface area contributed by atoms with Gasteiger partial charge in [0.25, 0.3) is 0 Å². The Balaban J connectivity index is 1.56. The van der Waals surface area contributed by atoms with Gasteiger partial charge < -0.3 is 20.5 Å². The predicted molar refractivity (Wildman–Crippen MR) is 126 cm³/mol. The van der Waals surface area contributed by atoms with Crippen LogP contribution in [0.1, 0.15) is 17.5 Å². The van der Waals surface area contributed by atoms with Gasteiger partial charge in [0.05, 0.1) is 6.54 Å². The number of nitrogens with zero attached hydrogens (tertiary/aromatic N) is 2. The summed E-state index contributed by atoms with van der Waals surface area (Å²) in [6.07, 6.45) is 1.09. The molecule has 4 N–H and O–H groups in total. The Kier molecular flexibility index (Phi) is 6.50. The number of nitrogens with two attached hydrogens (primary N) is 1. The van der Waals surface area contributed by atoms with Crippen LogP contribution in [0.4, 0.5) is 11.4 Å². The minimum atomic E-state index is -2.41. The van der Waals surface area contributed by atoms with Crippen molar-refractivity contribution in [2.45, 2.75) is 13.0 Å². The molecule has 0 aromatic heterocycles. The van der Waals surface area contributed by atoms with E-state index in [1.165, 1.54) is 4.31 Å². The molecule has 1 heterocycles. The van der Waals surface area contributed by atoms with E-state index in [0.717, 1.165) is 54.6 Å². The van der Waals surface area contributed by atoms with E-state index < -0.39 is 11.3 Å². The number of anilines is 2. The average molecular weight is 437 g/mol. The molecule has 31 heavy (non-hydrogen) atoms. The third kappa shape index (κ3) is 5.04. The summed E-state index contributed by atoms with van der Waals surface area (Å²) in [5.74, 6) is 0.00914. The lowest BCUT2D eigenvalue weighted by molar-refractivity contribution is 0.531. The summed E-state index contributed by atoms with van der Waals surface area (Å²) in [6.45, 7) is 4.13. The van der Waals surface area contributed by atoms with Crippen molar-refractivity contribution in [2.24, 2.45) is 5.73 Å². The van der Waals surface area contributed by atoms with Crippen molar-refractivity contribution in [1.82, 2.24) is 5.32 Å². The topological polar surface area (TPSA) is 109 Å². The predicted octanol–water partition coefficient (Wildman–Crippen LogP) is 2.72. The number of amidine groups is 1. The molecule has 8 heteroatoms. The maximum absolute atomic E-state index is 12.0. The lowest BCUT2D eigenvalue weighted by atomic mass is 10.0. The second kappa shape index (κ2) is 9.47. The van der Waals surface area contributed by atoms with Crippen LogP contribution in [0.5, 0.6) is 0 Å². The molecule has 0 spiro atoms. The lowest BCUT2D eigenvalue weighted by Crippen LogP contribution is -2.28. The molecule has 1 unspecified atom stereocenters. The molecule has 1 atom stereocenters. The summed E-state index contributed by atoms with van der Waals surface area (Å²) in [5.41, 5.74) is 8.84. The minimum absolute atomic E-state index is 0.00914. The fraction of sp³-hybridized carbons (Fsp3) is 0.261. The van der Waals surface area contributed by atoms with Crippen LogP contribution in [0.2, 0.25) is 0 Å². The maximum Gasteiger partial charge on any atom is 0.122 e. The smallest absolute Gasteiger partial charge is 0.122 e. The average Bonchev–Trinajstić information content (AvgIpc) is 3.06. The van der Waals surface area contributed by atoms with E-state index in [1.54, 1.807) is 0 Å². The molecule has 3 aromatic rings. The summed E-state index contributed by atoms with van der Waals surface area (Å²) >= 11 is -2.41. The summed E-state index contributed by atoms with van der Waals surface area (Å²) in [4.78, 5) is 2.32. The van der Waals surface area contributed by atoms with Gasteiger partial charge in [-0.2, -0.15) is 0 Å². The van der Waals surface area contributed by atoms with Crippen molar-refractivity contribution in [3.8, 4) is 0 Å². The molecular formula is C23H26N5O2S-. The molecule has 162 valence electrons. The van der Waals surface area contributed by atoms with Crippen molar-refractivity contribution in [3.05, 3.63) is 71.8 Å². The Bertz CT molecular complexity index is 1090. The fourth-order valence-electron chi connectivity index (χ4n) is 3.89. The van der Waals surface area contributed by atoms with Crippen LogP contribution in [-0.4, -0.2) is 40.8 Å². The zero-order valence-electron chi connectivity index (χ0n) is 17.2. The Hall–Kier alpha value is -2.94. The SMILES string of the molecule is N=C(N)c1ccc2ccc(CN(c3ccc(N4CCCNCC4)cc3)S(=O)[O-])cc2c1. The molecule has 0 aliphatic carbocycles. The summed E-state index contributed by atoms with van der Waals surface area (Å²) in [5, 5.41) is 13.0. The second-order valence-corrected chi connectivity index (χ2v) is 8.55. The van der Waals surface area contributed by atoms with Gasteiger partial charge in [-0.15, -0.1) is 0 Å². The Morgan fingerprint density at radius 1 is 1.06 bits per heavy atom. The highest BCUT2D eigenvalue weighted by molar-refractivity contribution is 7.80. The number of nitrogen functional groups attached to an aromatic ring is 1. The number of fused-ring (bicyclic) bond motifs is 1. The van der Waals surface area contributed by atoms with Crippen LogP contribution in [0.3, 0.4) is 0 Å². The van der Waals surface area contributed by atoms with Gasteiger partial charge in [-0.05, 0) is 65.7 Å². The molecule has 0 bridgehead atoms. The molecular weight excluding hydrogens is 410 g/mol. The Labute approximate surface area is 184 Å². The van der Waals surface area contributed by atoms with Gasteiger partial charge in [0.15, 0.2) is 0 Å². The standard InChI is InChI=1S/C23H27N5O2S/c24-23(25)19-5-4-18-3-2-17(14-20(18)15-19)16-28(31(29)30)22-8-6-21(7-9-22)27-12-1-10-26-11-13-27/h2-9,14-15,26H,1,10-13,16H2,(H3,24,25)(H,29,30)/p-1. The van der Waals surface area contributed by atoms with Gasteiger partial charge >= 0.3 is 0 Å². The minimum Gasteiger partial charge on any atom is -0.755 e. The quantitative estimate of drug-likeness (QED) is 0.313. The molecule has 0 saturated carbocycles. The molecule has 0 radical (unpaired) electrons. The van der Waals surface area contributed by atoms with E-state index in [0.29, 0.717) is 11.3 Å². The van der Waals surface area contributed by atoms with E-state index >= 15 is 0 Å². The monoisotopic (exact) mass is 436 g/mol. The number of benzene rings is 3. The third-order valence-electron chi connectivity index (χ3n) is 5.56. The molecule has 1 saturated heterocycles. The molecule has 1 aliphatic heterocycles. The summed E-state index contributed by atoms with van der Waals surface area (Å²) < 4.78 is 25.4. The van der Waals surface area contributed by atoms with Crippen LogP contribution < -0.4 is 20.3 Å². The first kappa shape index (κ1) is 21.3. The Morgan fingerprint density at radius 3 is 2.58 bits per heavy atom. The highest BCUT2D eigenvalue weighted by Crippen LogP contribution is 2.25. The number of nitrogens with one attached hydrogen (secondary N) is 2. The maximum atomic E-state index is 12.0. The number of hydrogen-bond acceptors (Lipinski definition) is 5. The Morgan fingerprint density at radius 2 is 1.84 bits per heavy atom. The van der Waals surface area contributed by atoms with E-state index in [9.17, 15) is 8.76 Å². The summed E-state index contributed by atoms with van der Waals surface area (Å²) in [6, 6.07) is 19.1. The lowest BCUT2D eigenvalue weighted by Gasteiger charge is -2.28. The fourth-order valence-corrected chi connectivity index (χ4v) is 4.44. The normalized spacial score (nSPS) is 15.5. The molecule has 3 aromatic carbocycles. The molecule has 1 aliphatic rings.